The Kier molecular flexibility index (Phi) is 5.09. The normalized spacial score (nSPS) is 11.5. The molecule has 4 N–H and O–H groups in total. The van der Waals surface area contributed by atoms with Crippen molar-refractivity contribution in [1.82, 2.24) is 9.97 Å². The lowest BCUT2D eigenvalue weighted by molar-refractivity contribution is -0.137. The summed E-state index contributed by atoms with van der Waals surface area (Å²) in [5.74, 6) is 0.445. The third-order valence-electron chi connectivity index (χ3n) is 4.47. The van der Waals surface area contributed by atoms with Gasteiger partial charge in [-0.05, 0) is 29.7 Å². The van der Waals surface area contributed by atoms with E-state index in [0.29, 0.717) is 5.82 Å². The summed E-state index contributed by atoms with van der Waals surface area (Å²) in [6.07, 6.45) is -3.24. The Morgan fingerprint density at radius 3 is 2.23 bits per heavy atom. The molecule has 0 atom stereocenters. The first-order chi connectivity index (χ1) is 14.3. The Morgan fingerprint density at radius 2 is 1.50 bits per heavy atom. The van der Waals surface area contributed by atoms with Crippen LogP contribution >= 0.6 is 11.6 Å². The summed E-state index contributed by atoms with van der Waals surface area (Å²) in [5.41, 5.74) is 6.30. The van der Waals surface area contributed by atoms with Gasteiger partial charge in [0.15, 0.2) is 11.6 Å². The SMILES string of the molecule is Nc1c(Nc2cc(C(F)(F)F)ccc2Cl)ncnc1Nc1cccc2ccccc12. The zero-order valence-corrected chi connectivity index (χ0v) is 16.1. The van der Waals surface area contributed by atoms with Crippen molar-refractivity contribution in [2.45, 2.75) is 6.18 Å². The monoisotopic (exact) mass is 429 g/mol. The number of alkyl halides is 3. The Hall–Kier alpha value is -3.52. The quantitative estimate of drug-likeness (QED) is 0.351. The fraction of sp³-hybridized carbons (Fsp3) is 0.0476. The molecule has 9 heteroatoms. The van der Waals surface area contributed by atoms with Crippen LogP contribution < -0.4 is 16.4 Å². The molecular weight excluding hydrogens is 415 g/mol. The Morgan fingerprint density at radius 1 is 0.833 bits per heavy atom. The first kappa shape index (κ1) is 19.8. The van der Waals surface area contributed by atoms with Crippen LogP contribution in [0.1, 0.15) is 5.56 Å². The number of hydrogen-bond donors (Lipinski definition) is 3. The molecule has 0 spiro atoms. The molecule has 4 aromatic rings. The summed E-state index contributed by atoms with van der Waals surface area (Å²) in [6, 6.07) is 16.5. The van der Waals surface area contributed by atoms with E-state index in [1.807, 2.05) is 42.5 Å². The number of nitrogens with one attached hydrogen (secondary N) is 2. The molecule has 3 aromatic carbocycles. The number of nitrogen functional groups attached to an aromatic ring is 1. The van der Waals surface area contributed by atoms with Crippen LogP contribution in [0.15, 0.2) is 67.0 Å². The molecule has 0 fully saturated rings. The molecule has 5 nitrogen and oxygen atoms in total. The van der Waals surface area contributed by atoms with Crippen molar-refractivity contribution in [3.8, 4) is 0 Å². The molecule has 4 rings (SSSR count). The highest BCUT2D eigenvalue weighted by molar-refractivity contribution is 6.33. The van der Waals surface area contributed by atoms with Gasteiger partial charge in [-0.25, -0.2) is 9.97 Å². The number of halogens is 4. The highest BCUT2D eigenvalue weighted by Crippen LogP contribution is 2.36. The lowest BCUT2D eigenvalue weighted by Crippen LogP contribution is -2.08. The number of rotatable bonds is 4. The number of hydrogen-bond acceptors (Lipinski definition) is 5. The number of anilines is 5. The molecule has 0 saturated heterocycles. The molecule has 0 bridgehead atoms. The topological polar surface area (TPSA) is 75.9 Å². The van der Waals surface area contributed by atoms with Crippen molar-refractivity contribution in [1.29, 1.82) is 0 Å². The molecule has 0 amide bonds. The maximum Gasteiger partial charge on any atom is 0.416 e. The average Bonchev–Trinajstić information content (AvgIpc) is 2.72. The summed E-state index contributed by atoms with van der Waals surface area (Å²) >= 11 is 6.05. The largest absolute Gasteiger partial charge is 0.416 e. The predicted molar refractivity (Wildman–Crippen MR) is 113 cm³/mol. The van der Waals surface area contributed by atoms with Crippen LogP contribution in [0, 0.1) is 0 Å². The summed E-state index contributed by atoms with van der Waals surface area (Å²) in [6.45, 7) is 0. The van der Waals surface area contributed by atoms with Gasteiger partial charge in [0, 0.05) is 11.1 Å². The molecule has 1 aromatic heterocycles. The lowest BCUT2D eigenvalue weighted by atomic mass is 10.1. The highest BCUT2D eigenvalue weighted by Gasteiger charge is 2.31. The van der Waals surface area contributed by atoms with Crippen molar-refractivity contribution >= 4 is 51.1 Å². The first-order valence-corrected chi connectivity index (χ1v) is 9.20. The van der Waals surface area contributed by atoms with E-state index in [4.69, 9.17) is 17.3 Å². The second kappa shape index (κ2) is 7.72. The second-order valence-electron chi connectivity index (χ2n) is 6.45. The minimum Gasteiger partial charge on any atom is -0.393 e. The van der Waals surface area contributed by atoms with E-state index in [1.54, 1.807) is 0 Å². The van der Waals surface area contributed by atoms with Crippen molar-refractivity contribution in [3.05, 3.63) is 77.6 Å². The van der Waals surface area contributed by atoms with Crippen LogP contribution in [-0.4, -0.2) is 9.97 Å². The zero-order valence-electron chi connectivity index (χ0n) is 15.3. The van der Waals surface area contributed by atoms with Crippen LogP contribution in [0.2, 0.25) is 5.02 Å². The number of aromatic nitrogens is 2. The summed E-state index contributed by atoms with van der Waals surface area (Å²) in [4.78, 5) is 8.21. The van der Waals surface area contributed by atoms with Gasteiger partial charge in [0.2, 0.25) is 0 Å². The van der Waals surface area contributed by atoms with Gasteiger partial charge < -0.3 is 16.4 Å². The van der Waals surface area contributed by atoms with E-state index in [-0.39, 0.29) is 22.2 Å². The Bertz CT molecular complexity index is 1220. The van der Waals surface area contributed by atoms with Gasteiger partial charge in [0.1, 0.15) is 12.0 Å². The van der Waals surface area contributed by atoms with Crippen LogP contribution in [0.25, 0.3) is 10.8 Å². The van der Waals surface area contributed by atoms with Crippen LogP contribution in [0.4, 0.5) is 41.9 Å². The van der Waals surface area contributed by atoms with E-state index < -0.39 is 11.7 Å². The molecular formula is C21H15ClF3N5. The van der Waals surface area contributed by atoms with Crippen molar-refractivity contribution in [3.63, 3.8) is 0 Å². The molecule has 0 aliphatic rings. The maximum absolute atomic E-state index is 13.0. The minimum absolute atomic E-state index is 0.0352. The molecule has 152 valence electrons. The molecule has 0 saturated carbocycles. The van der Waals surface area contributed by atoms with Gasteiger partial charge in [-0.2, -0.15) is 13.2 Å². The van der Waals surface area contributed by atoms with Crippen molar-refractivity contribution < 1.29 is 13.2 Å². The summed E-state index contributed by atoms with van der Waals surface area (Å²) in [7, 11) is 0. The first-order valence-electron chi connectivity index (χ1n) is 8.82. The van der Waals surface area contributed by atoms with Gasteiger partial charge >= 0.3 is 6.18 Å². The van der Waals surface area contributed by atoms with Crippen molar-refractivity contribution in [2.75, 3.05) is 16.4 Å². The summed E-state index contributed by atoms with van der Waals surface area (Å²) in [5, 5.41) is 8.03. The van der Waals surface area contributed by atoms with Crippen LogP contribution in [-0.2, 0) is 6.18 Å². The minimum atomic E-state index is -4.50. The molecule has 0 aliphatic carbocycles. The standard InChI is InChI=1S/C21H15ClF3N5/c22-15-9-8-13(21(23,24)25)10-17(15)30-20-18(26)19(27-11-28-20)29-16-7-3-5-12-4-1-2-6-14(12)16/h1-11H,26H2,(H2,27,28,29,30). The van der Waals surface area contributed by atoms with E-state index in [2.05, 4.69) is 20.6 Å². The fourth-order valence-electron chi connectivity index (χ4n) is 2.98. The van der Waals surface area contributed by atoms with Gasteiger partial charge in [-0.3, -0.25) is 0 Å². The van der Waals surface area contributed by atoms with E-state index in [1.165, 1.54) is 12.4 Å². The zero-order chi connectivity index (χ0) is 21.3. The van der Waals surface area contributed by atoms with Gasteiger partial charge in [-0.15, -0.1) is 0 Å². The summed E-state index contributed by atoms with van der Waals surface area (Å²) < 4.78 is 39.1. The van der Waals surface area contributed by atoms with Crippen LogP contribution in [0.3, 0.4) is 0 Å². The predicted octanol–water partition coefficient (Wildman–Crippen LogP) is 6.37. The number of nitrogens with two attached hydrogens (primary N) is 1. The van der Waals surface area contributed by atoms with E-state index >= 15 is 0 Å². The second-order valence-corrected chi connectivity index (χ2v) is 6.86. The number of benzene rings is 3. The van der Waals surface area contributed by atoms with E-state index in [0.717, 1.165) is 28.6 Å². The smallest absolute Gasteiger partial charge is 0.393 e. The third-order valence-corrected chi connectivity index (χ3v) is 4.80. The number of nitrogens with zero attached hydrogens (tertiary/aromatic N) is 2. The Balaban J connectivity index is 1.67. The fourth-order valence-corrected chi connectivity index (χ4v) is 3.15. The van der Waals surface area contributed by atoms with Gasteiger partial charge in [0.05, 0.1) is 16.3 Å². The molecule has 0 radical (unpaired) electrons. The van der Waals surface area contributed by atoms with Gasteiger partial charge in [-0.1, -0.05) is 48.0 Å². The third kappa shape index (κ3) is 3.95. The molecule has 0 unspecified atom stereocenters. The van der Waals surface area contributed by atoms with E-state index in [9.17, 15) is 13.2 Å². The molecule has 1 heterocycles. The highest BCUT2D eigenvalue weighted by atomic mass is 35.5. The maximum atomic E-state index is 13.0. The van der Waals surface area contributed by atoms with Crippen LogP contribution in [0.5, 0.6) is 0 Å². The molecule has 30 heavy (non-hydrogen) atoms. The van der Waals surface area contributed by atoms with Gasteiger partial charge in [0.25, 0.3) is 0 Å². The van der Waals surface area contributed by atoms with Crippen molar-refractivity contribution in [2.24, 2.45) is 0 Å². The number of fused-ring (bicyclic) bond motifs is 1. The lowest BCUT2D eigenvalue weighted by Gasteiger charge is -2.15. The molecule has 0 aliphatic heterocycles. The Labute approximate surface area is 174 Å². The average molecular weight is 430 g/mol.